The van der Waals surface area contributed by atoms with E-state index >= 15 is 0 Å². The predicted octanol–water partition coefficient (Wildman–Crippen LogP) is 0.102. The summed E-state index contributed by atoms with van der Waals surface area (Å²) in [7, 11) is 0. The highest BCUT2D eigenvalue weighted by Gasteiger charge is 2.24. The molecule has 1 N–H and O–H groups in total. The molecule has 0 bridgehead atoms. The summed E-state index contributed by atoms with van der Waals surface area (Å²) in [6.45, 7) is 0. The summed E-state index contributed by atoms with van der Waals surface area (Å²) < 4.78 is 0. The van der Waals surface area contributed by atoms with Gasteiger partial charge in [-0.1, -0.05) is 5.11 Å². The van der Waals surface area contributed by atoms with Crippen LogP contribution in [0.25, 0.3) is 10.4 Å². The van der Waals surface area contributed by atoms with E-state index in [1.807, 2.05) is 0 Å². The summed E-state index contributed by atoms with van der Waals surface area (Å²) in [6, 6.07) is -0.710. The van der Waals surface area contributed by atoms with Crippen LogP contribution in [0.1, 0.15) is 12.8 Å². The average molecular weight is 154 g/mol. The fourth-order valence-electron chi connectivity index (χ4n) is 0.855. The lowest BCUT2D eigenvalue weighted by molar-refractivity contribution is -0.134. The number of nitrogens with one attached hydrogen (secondary N) is 1. The zero-order valence-electron chi connectivity index (χ0n) is 5.65. The van der Waals surface area contributed by atoms with Crippen molar-refractivity contribution < 1.29 is 9.59 Å². The van der Waals surface area contributed by atoms with Crippen molar-refractivity contribution in [1.82, 2.24) is 5.32 Å². The van der Waals surface area contributed by atoms with Crippen molar-refractivity contribution in [2.24, 2.45) is 5.11 Å². The third-order valence-electron chi connectivity index (χ3n) is 1.40. The molecule has 0 radical (unpaired) electrons. The van der Waals surface area contributed by atoms with Gasteiger partial charge in [0.1, 0.15) is 6.04 Å². The molecule has 1 aliphatic heterocycles. The van der Waals surface area contributed by atoms with E-state index in [9.17, 15) is 9.59 Å². The molecular formula is C5H6N4O2. The van der Waals surface area contributed by atoms with Gasteiger partial charge in [-0.15, -0.1) is 0 Å². The first-order valence-electron chi connectivity index (χ1n) is 3.12. The van der Waals surface area contributed by atoms with E-state index in [0.717, 1.165) is 0 Å². The van der Waals surface area contributed by atoms with Crippen LogP contribution in [0.3, 0.4) is 0 Å². The van der Waals surface area contributed by atoms with E-state index in [2.05, 4.69) is 15.3 Å². The van der Waals surface area contributed by atoms with E-state index in [0.29, 0.717) is 6.42 Å². The van der Waals surface area contributed by atoms with E-state index in [-0.39, 0.29) is 12.3 Å². The number of imide groups is 1. The molecule has 6 heteroatoms. The molecule has 0 aliphatic carbocycles. The van der Waals surface area contributed by atoms with Gasteiger partial charge in [0.2, 0.25) is 11.8 Å². The van der Waals surface area contributed by atoms with Gasteiger partial charge in [0, 0.05) is 11.3 Å². The Morgan fingerprint density at radius 3 is 2.91 bits per heavy atom. The van der Waals surface area contributed by atoms with Gasteiger partial charge < -0.3 is 0 Å². The molecule has 1 fully saturated rings. The number of carbonyl (C=O) groups excluding carboxylic acids is 2. The molecule has 1 aliphatic rings. The highest BCUT2D eigenvalue weighted by atomic mass is 16.2. The molecule has 0 aromatic carbocycles. The molecule has 1 rings (SSSR count). The van der Waals surface area contributed by atoms with Crippen molar-refractivity contribution in [3.8, 4) is 0 Å². The maximum Gasteiger partial charge on any atom is 0.235 e. The Bertz CT molecular complexity index is 243. The van der Waals surface area contributed by atoms with E-state index < -0.39 is 11.9 Å². The summed E-state index contributed by atoms with van der Waals surface area (Å²) >= 11 is 0. The van der Waals surface area contributed by atoms with Gasteiger partial charge in [-0.3, -0.25) is 14.9 Å². The Hall–Kier alpha value is -1.55. The number of rotatable bonds is 1. The summed E-state index contributed by atoms with van der Waals surface area (Å²) in [5.41, 5.74) is 8.00. The SMILES string of the molecule is [N-]=[N+]=N[C@H]1CCC(=O)NC1=O. The minimum absolute atomic E-state index is 0.245. The van der Waals surface area contributed by atoms with Crippen LogP contribution in [0, 0.1) is 0 Å². The van der Waals surface area contributed by atoms with Gasteiger partial charge >= 0.3 is 0 Å². The van der Waals surface area contributed by atoms with E-state index in [1.165, 1.54) is 0 Å². The van der Waals surface area contributed by atoms with Crippen LogP contribution < -0.4 is 5.32 Å². The lowest BCUT2D eigenvalue weighted by atomic mass is 10.1. The average Bonchev–Trinajstić information content (AvgIpc) is 1.95. The number of azide groups is 1. The third-order valence-corrected chi connectivity index (χ3v) is 1.40. The molecule has 6 nitrogen and oxygen atoms in total. The molecule has 0 aromatic heterocycles. The van der Waals surface area contributed by atoms with Crippen LogP contribution in [0.4, 0.5) is 0 Å². The monoisotopic (exact) mass is 154 g/mol. The quantitative estimate of drug-likeness (QED) is 0.251. The first-order valence-corrected chi connectivity index (χ1v) is 3.12. The van der Waals surface area contributed by atoms with Crippen LogP contribution in [0.15, 0.2) is 5.11 Å². The van der Waals surface area contributed by atoms with Gasteiger partial charge in [-0.2, -0.15) is 0 Å². The maximum absolute atomic E-state index is 10.8. The fourth-order valence-corrected chi connectivity index (χ4v) is 0.855. The van der Waals surface area contributed by atoms with Gasteiger partial charge in [-0.05, 0) is 12.0 Å². The molecule has 58 valence electrons. The van der Waals surface area contributed by atoms with Crippen LogP contribution in [-0.2, 0) is 9.59 Å². The number of piperidine rings is 1. The first kappa shape index (κ1) is 7.56. The third kappa shape index (κ3) is 1.68. The van der Waals surface area contributed by atoms with Crippen molar-refractivity contribution in [3.63, 3.8) is 0 Å². The van der Waals surface area contributed by atoms with Crippen molar-refractivity contribution in [2.45, 2.75) is 18.9 Å². The van der Waals surface area contributed by atoms with Gasteiger partial charge in [0.05, 0.1) is 0 Å². The Balaban J connectivity index is 2.64. The van der Waals surface area contributed by atoms with Crippen molar-refractivity contribution in [3.05, 3.63) is 10.4 Å². The lowest BCUT2D eigenvalue weighted by Crippen LogP contribution is -2.42. The number of amides is 2. The zero-order chi connectivity index (χ0) is 8.27. The molecule has 1 saturated heterocycles. The molecule has 0 unspecified atom stereocenters. The van der Waals surface area contributed by atoms with Crippen LogP contribution in [-0.4, -0.2) is 17.9 Å². The number of carbonyl (C=O) groups is 2. The maximum atomic E-state index is 10.8. The number of hydrogen-bond donors (Lipinski definition) is 1. The van der Waals surface area contributed by atoms with Gasteiger partial charge in [0.25, 0.3) is 0 Å². The summed E-state index contributed by atoms with van der Waals surface area (Å²) in [5.74, 6) is -0.807. The van der Waals surface area contributed by atoms with Crippen molar-refractivity contribution in [2.75, 3.05) is 0 Å². The van der Waals surface area contributed by atoms with Crippen LogP contribution in [0.5, 0.6) is 0 Å². The second-order valence-electron chi connectivity index (χ2n) is 2.17. The largest absolute Gasteiger partial charge is 0.296 e. The highest BCUT2D eigenvalue weighted by Crippen LogP contribution is 2.07. The molecule has 1 heterocycles. The summed E-state index contributed by atoms with van der Waals surface area (Å²) in [6.07, 6.45) is 0.560. The molecule has 0 spiro atoms. The second kappa shape index (κ2) is 3.03. The summed E-state index contributed by atoms with van der Waals surface area (Å²) in [5, 5.41) is 5.29. The first-order chi connectivity index (χ1) is 5.24. The fraction of sp³-hybridized carbons (Fsp3) is 0.600. The van der Waals surface area contributed by atoms with E-state index in [1.54, 1.807) is 0 Å². The van der Waals surface area contributed by atoms with Gasteiger partial charge in [-0.25, -0.2) is 0 Å². The zero-order valence-corrected chi connectivity index (χ0v) is 5.65. The molecule has 1 atom stereocenters. The van der Waals surface area contributed by atoms with E-state index in [4.69, 9.17) is 5.53 Å². The molecule has 0 aromatic rings. The van der Waals surface area contributed by atoms with Crippen LogP contribution in [0.2, 0.25) is 0 Å². The van der Waals surface area contributed by atoms with Crippen molar-refractivity contribution >= 4 is 11.8 Å². The topological polar surface area (TPSA) is 94.9 Å². The molecular weight excluding hydrogens is 148 g/mol. The standard InChI is InChI=1S/C5H6N4O2/c6-9-8-3-1-2-4(10)7-5(3)11/h3H,1-2H2,(H,7,10,11)/t3-/m0/s1. The minimum atomic E-state index is -0.710. The lowest BCUT2D eigenvalue weighted by Gasteiger charge is -2.15. The number of nitrogens with zero attached hydrogens (tertiary/aromatic N) is 3. The predicted molar refractivity (Wildman–Crippen MR) is 35.3 cm³/mol. The Morgan fingerprint density at radius 1 is 1.64 bits per heavy atom. The van der Waals surface area contributed by atoms with Gasteiger partial charge in [0.15, 0.2) is 0 Å². The highest BCUT2D eigenvalue weighted by molar-refractivity contribution is 6.00. The second-order valence-corrected chi connectivity index (χ2v) is 2.17. The Kier molecular flexibility index (Phi) is 2.08. The number of hydrogen-bond acceptors (Lipinski definition) is 3. The van der Waals surface area contributed by atoms with Crippen molar-refractivity contribution in [1.29, 1.82) is 0 Å². The molecule has 2 amide bonds. The Morgan fingerprint density at radius 2 is 2.36 bits per heavy atom. The minimum Gasteiger partial charge on any atom is -0.296 e. The smallest absolute Gasteiger partial charge is 0.235 e. The summed E-state index contributed by atoms with van der Waals surface area (Å²) in [4.78, 5) is 23.8. The van der Waals surface area contributed by atoms with Crippen LogP contribution >= 0.6 is 0 Å². The Labute approximate surface area is 62.2 Å². The molecule has 11 heavy (non-hydrogen) atoms. The molecule has 0 saturated carbocycles. The normalized spacial score (nSPS) is 23.8.